The van der Waals surface area contributed by atoms with Crippen molar-refractivity contribution in [3.8, 4) is 5.75 Å². The fourth-order valence-corrected chi connectivity index (χ4v) is 3.40. The topological polar surface area (TPSA) is 101 Å². The van der Waals surface area contributed by atoms with Gasteiger partial charge in [0.1, 0.15) is 18.1 Å². The molecule has 3 rings (SSSR count). The number of aliphatic imine (C=N–C) groups is 1. The summed E-state index contributed by atoms with van der Waals surface area (Å²) in [5, 5.41) is 13.6. The molecule has 0 fully saturated rings. The number of aromatic nitrogens is 1. The quantitative estimate of drug-likeness (QED) is 0.195. The van der Waals surface area contributed by atoms with Crippen molar-refractivity contribution < 1.29 is 14.1 Å². The molecule has 3 N–H and O–H groups in total. The second kappa shape index (κ2) is 12.5. The fourth-order valence-electron chi connectivity index (χ4n) is 3.40. The summed E-state index contributed by atoms with van der Waals surface area (Å²) < 4.78 is 11.3. The first-order chi connectivity index (χ1) is 14.6. The number of rotatable bonds is 9. The molecule has 0 unspecified atom stereocenters. The molecule has 0 spiro atoms. The second-order valence-electron chi connectivity index (χ2n) is 7.08. The van der Waals surface area contributed by atoms with E-state index in [0.29, 0.717) is 26.1 Å². The predicted octanol–water partition coefficient (Wildman–Crippen LogP) is 3.44. The zero-order valence-corrected chi connectivity index (χ0v) is 20.7. The van der Waals surface area contributed by atoms with Crippen LogP contribution in [-0.4, -0.2) is 36.7 Å². The molecule has 1 aliphatic heterocycles. The van der Waals surface area contributed by atoms with E-state index in [9.17, 15) is 4.79 Å². The van der Waals surface area contributed by atoms with Gasteiger partial charge in [0, 0.05) is 30.6 Å². The molecule has 0 saturated heterocycles. The highest BCUT2D eigenvalue weighted by Gasteiger charge is 2.15. The Morgan fingerprint density at radius 2 is 2.06 bits per heavy atom. The number of amides is 1. The van der Waals surface area contributed by atoms with Crippen LogP contribution in [0.5, 0.6) is 5.75 Å². The lowest BCUT2D eigenvalue weighted by atomic mass is 10.0. The maximum atomic E-state index is 11.5. The molecule has 1 aromatic heterocycles. The molecular formula is C22H32IN5O3. The van der Waals surface area contributed by atoms with Crippen LogP contribution in [0, 0.1) is 0 Å². The molecule has 1 aliphatic rings. The number of anilines is 1. The van der Waals surface area contributed by atoms with Crippen molar-refractivity contribution in [1.29, 1.82) is 0 Å². The van der Waals surface area contributed by atoms with Gasteiger partial charge in [0.2, 0.25) is 5.91 Å². The number of guanidine groups is 1. The number of nitrogens with zero attached hydrogens (tertiary/aromatic N) is 2. The van der Waals surface area contributed by atoms with Gasteiger partial charge in [0.05, 0.1) is 18.8 Å². The normalized spacial score (nSPS) is 13.1. The van der Waals surface area contributed by atoms with Gasteiger partial charge in [-0.2, -0.15) is 0 Å². The Morgan fingerprint density at radius 1 is 1.23 bits per heavy atom. The number of fused-ring (bicyclic) bond motifs is 1. The summed E-state index contributed by atoms with van der Waals surface area (Å²) in [7, 11) is 0. The van der Waals surface area contributed by atoms with Crippen molar-refractivity contribution in [1.82, 2.24) is 15.8 Å². The van der Waals surface area contributed by atoms with Crippen molar-refractivity contribution >= 4 is 41.5 Å². The first-order valence-corrected chi connectivity index (χ1v) is 10.7. The summed E-state index contributed by atoms with van der Waals surface area (Å²) >= 11 is 0. The van der Waals surface area contributed by atoms with Crippen LogP contribution in [0.25, 0.3) is 0 Å². The molecule has 170 valence electrons. The maximum absolute atomic E-state index is 11.5. The Balaban J connectivity index is 0.00000341. The van der Waals surface area contributed by atoms with Crippen molar-refractivity contribution in [3.05, 3.63) is 40.8 Å². The number of hydrogen-bond acceptors (Lipinski definition) is 5. The van der Waals surface area contributed by atoms with E-state index in [4.69, 9.17) is 9.26 Å². The Labute approximate surface area is 200 Å². The third-order valence-corrected chi connectivity index (χ3v) is 4.98. The molecule has 31 heavy (non-hydrogen) atoms. The molecule has 1 amide bonds. The largest absolute Gasteiger partial charge is 0.492 e. The van der Waals surface area contributed by atoms with E-state index >= 15 is 0 Å². The second-order valence-corrected chi connectivity index (χ2v) is 7.08. The number of benzene rings is 1. The molecule has 9 heteroatoms. The van der Waals surface area contributed by atoms with E-state index in [1.54, 1.807) is 0 Å². The highest BCUT2D eigenvalue weighted by atomic mass is 127. The number of aryl methyl sites for hydroxylation is 3. The van der Waals surface area contributed by atoms with Crippen LogP contribution in [0.4, 0.5) is 5.69 Å². The van der Waals surface area contributed by atoms with Gasteiger partial charge < -0.3 is 25.2 Å². The van der Waals surface area contributed by atoms with E-state index in [2.05, 4.69) is 39.9 Å². The van der Waals surface area contributed by atoms with Crippen LogP contribution in [0.3, 0.4) is 0 Å². The molecule has 0 saturated carbocycles. The number of carbonyl (C=O) groups excluding carboxylic acids is 1. The minimum atomic E-state index is 0. The van der Waals surface area contributed by atoms with Gasteiger partial charge >= 0.3 is 0 Å². The van der Waals surface area contributed by atoms with E-state index < -0.39 is 0 Å². The van der Waals surface area contributed by atoms with Crippen molar-refractivity contribution in [2.45, 2.75) is 53.0 Å². The molecule has 2 heterocycles. The molecule has 0 aliphatic carbocycles. The van der Waals surface area contributed by atoms with Gasteiger partial charge in [-0.1, -0.05) is 19.0 Å². The molecule has 8 nitrogen and oxygen atoms in total. The van der Waals surface area contributed by atoms with Gasteiger partial charge in [-0.05, 0) is 43.5 Å². The number of halogens is 1. The summed E-state index contributed by atoms with van der Waals surface area (Å²) in [6.07, 6.45) is 2.90. The third-order valence-electron chi connectivity index (χ3n) is 4.98. The average Bonchev–Trinajstić information content (AvgIpc) is 3.16. The van der Waals surface area contributed by atoms with Gasteiger partial charge in [-0.15, -0.1) is 24.0 Å². The molecule has 0 atom stereocenters. The summed E-state index contributed by atoms with van der Waals surface area (Å²) in [6.45, 7) is 8.58. The lowest BCUT2D eigenvalue weighted by molar-refractivity contribution is -0.116. The van der Waals surface area contributed by atoms with Gasteiger partial charge in [0.15, 0.2) is 5.96 Å². The summed E-state index contributed by atoms with van der Waals surface area (Å²) in [6, 6.07) is 5.78. The monoisotopic (exact) mass is 541 g/mol. The summed E-state index contributed by atoms with van der Waals surface area (Å²) in [5.74, 6) is 2.51. The lowest BCUT2D eigenvalue weighted by Gasteiger charge is -2.18. The minimum Gasteiger partial charge on any atom is -0.492 e. The number of nitrogens with one attached hydrogen (secondary N) is 3. The Hall–Kier alpha value is -2.30. The van der Waals surface area contributed by atoms with Crippen molar-refractivity contribution in [2.24, 2.45) is 4.99 Å². The maximum Gasteiger partial charge on any atom is 0.224 e. The molecule has 0 radical (unpaired) electrons. The molecular weight excluding hydrogens is 509 g/mol. The van der Waals surface area contributed by atoms with E-state index in [1.165, 1.54) is 0 Å². The summed E-state index contributed by atoms with van der Waals surface area (Å²) in [4.78, 5) is 16.1. The van der Waals surface area contributed by atoms with Gasteiger partial charge in [-0.3, -0.25) is 4.79 Å². The molecule has 0 bridgehead atoms. The standard InChI is InChI=1S/C22H31N5O3.HI/c1-4-18-17(20(5-2)30-27-18)14-25-22(23-6-3)24-11-12-29-16-8-9-19-15(13-16)7-10-21(28)26-19;/h8-9,13H,4-7,10-12,14H2,1-3H3,(H,26,28)(H2,23,24,25);1H. The zero-order valence-electron chi connectivity index (χ0n) is 18.4. The van der Waals surface area contributed by atoms with Crippen molar-refractivity contribution in [3.63, 3.8) is 0 Å². The SMILES string of the molecule is CCNC(=NCc1c(CC)noc1CC)NCCOc1ccc2c(c1)CCC(=O)N2.I. The van der Waals surface area contributed by atoms with Gasteiger partial charge in [-0.25, -0.2) is 4.99 Å². The Morgan fingerprint density at radius 3 is 2.81 bits per heavy atom. The summed E-state index contributed by atoms with van der Waals surface area (Å²) in [5.41, 5.74) is 4.04. The lowest BCUT2D eigenvalue weighted by Crippen LogP contribution is -2.39. The number of hydrogen-bond donors (Lipinski definition) is 3. The van der Waals surface area contributed by atoms with Gasteiger partial charge in [0.25, 0.3) is 0 Å². The first-order valence-electron chi connectivity index (χ1n) is 10.7. The van der Waals surface area contributed by atoms with Crippen LogP contribution >= 0.6 is 24.0 Å². The Kier molecular flexibility index (Phi) is 10.1. The fraction of sp³-hybridized carbons (Fsp3) is 0.500. The number of carbonyl (C=O) groups is 1. The average molecular weight is 541 g/mol. The highest BCUT2D eigenvalue weighted by molar-refractivity contribution is 14.0. The van der Waals surface area contributed by atoms with Crippen LogP contribution in [0.15, 0.2) is 27.7 Å². The van der Waals surface area contributed by atoms with E-state index in [-0.39, 0.29) is 29.9 Å². The third kappa shape index (κ3) is 6.84. The molecule has 2 aromatic rings. The van der Waals surface area contributed by atoms with E-state index in [1.807, 2.05) is 25.1 Å². The van der Waals surface area contributed by atoms with Crippen LogP contribution in [-0.2, 0) is 30.6 Å². The zero-order chi connectivity index (χ0) is 21.3. The van der Waals surface area contributed by atoms with Crippen LogP contribution in [0.1, 0.15) is 49.8 Å². The van der Waals surface area contributed by atoms with E-state index in [0.717, 1.165) is 65.8 Å². The van der Waals surface area contributed by atoms with Crippen LogP contribution < -0.4 is 20.7 Å². The minimum absolute atomic E-state index is 0. The highest BCUT2D eigenvalue weighted by Crippen LogP contribution is 2.26. The molecule has 1 aromatic carbocycles. The number of ether oxygens (including phenoxy) is 1. The smallest absolute Gasteiger partial charge is 0.224 e. The first kappa shape index (κ1) is 25.0. The predicted molar refractivity (Wildman–Crippen MR) is 132 cm³/mol. The van der Waals surface area contributed by atoms with Crippen molar-refractivity contribution in [2.75, 3.05) is 25.0 Å². The Bertz CT molecular complexity index is 876. The van der Waals surface area contributed by atoms with Crippen LogP contribution in [0.2, 0.25) is 0 Å².